The summed E-state index contributed by atoms with van der Waals surface area (Å²) >= 11 is 0. The van der Waals surface area contributed by atoms with Crippen molar-refractivity contribution in [3.8, 4) is 0 Å². The molecule has 8 nitrogen and oxygen atoms in total. The van der Waals surface area contributed by atoms with Crippen LogP contribution in [0, 0.1) is 10.1 Å². The molecule has 0 radical (unpaired) electrons. The SMILES string of the molecule is C[C@@H](NC(=O)c1cccc([N+](=O)[O-])c1)C(=O)N1CCC[C@@H](N(C)C)C1. The number of piperidine rings is 1. The number of carbonyl (C=O) groups is 2. The molecule has 1 heterocycles. The monoisotopic (exact) mass is 348 g/mol. The van der Waals surface area contributed by atoms with E-state index in [1.54, 1.807) is 11.8 Å². The summed E-state index contributed by atoms with van der Waals surface area (Å²) < 4.78 is 0. The second-order valence-electron chi connectivity index (χ2n) is 6.55. The number of nitro benzene ring substituents is 1. The summed E-state index contributed by atoms with van der Waals surface area (Å²) in [5.74, 6) is -0.629. The molecule has 0 spiro atoms. The van der Waals surface area contributed by atoms with Gasteiger partial charge in [-0.3, -0.25) is 19.7 Å². The number of amides is 2. The number of likely N-dealkylation sites (tertiary alicyclic amines) is 1. The summed E-state index contributed by atoms with van der Waals surface area (Å²) in [7, 11) is 3.98. The van der Waals surface area contributed by atoms with Gasteiger partial charge in [-0.05, 0) is 39.9 Å². The predicted molar refractivity (Wildman–Crippen MR) is 93.3 cm³/mol. The summed E-state index contributed by atoms with van der Waals surface area (Å²) in [6, 6.07) is 5.09. The van der Waals surface area contributed by atoms with Crippen molar-refractivity contribution < 1.29 is 14.5 Å². The Hall–Kier alpha value is -2.48. The number of hydrogen-bond donors (Lipinski definition) is 1. The van der Waals surface area contributed by atoms with Gasteiger partial charge in [0.25, 0.3) is 11.6 Å². The fourth-order valence-corrected chi connectivity index (χ4v) is 2.95. The molecule has 1 saturated heterocycles. The third-order valence-corrected chi connectivity index (χ3v) is 4.48. The first kappa shape index (κ1) is 18.9. The topological polar surface area (TPSA) is 95.8 Å². The molecule has 0 bridgehead atoms. The maximum Gasteiger partial charge on any atom is 0.270 e. The zero-order valence-corrected chi connectivity index (χ0v) is 14.8. The van der Waals surface area contributed by atoms with Gasteiger partial charge in [0.05, 0.1) is 4.92 Å². The fraction of sp³-hybridized carbons (Fsp3) is 0.529. The molecule has 8 heteroatoms. The van der Waals surface area contributed by atoms with Gasteiger partial charge in [-0.2, -0.15) is 0 Å². The van der Waals surface area contributed by atoms with Gasteiger partial charge < -0.3 is 15.1 Å². The summed E-state index contributed by atoms with van der Waals surface area (Å²) in [6.07, 6.45) is 1.98. The highest BCUT2D eigenvalue weighted by molar-refractivity contribution is 5.97. The number of nitrogens with zero attached hydrogens (tertiary/aromatic N) is 3. The Morgan fingerprint density at radius 1 is 1.40 bits per heavy atom. The van der Waals surface area contributed by atoms with Crippen molar-refractivity contribution >= 4 is 17.5 Å². The van der Waals surface area contributed by atoms with Crippen LogP contribution < -0.4 is 5.32 Å². The molecular weight excluding hydrogens is 324 g/mol. The molecule has 2 amide bonds. The van der Waals surface area contributed by atoms with Crippen LogP contribution in [0.2, 0.25) is 0 Å². The van der Waals surface area contributed by atoms with Crippen LogP contribution in [0.3, 0.4) is 0 Å². The zero-order valence-electron chi connectivity index (χ0n) is 14.8. The molecule has 1 aliphatic heterocycles. The summed E-state index contributed by atoms with van der Waals surface area (Å²) in [6.45, 7) is 2.96. The van der Waals surface area contributed by atoms with E-state index in [2.05, 4.69) is 10.2 Å². The highest BCUT2D eigenvalue weighted by Gasteiger charge is 2.28. The van der Waals surface area contributed by atoms with E-state index in [1.807, 2.05) is 14.1 Å². The van der Waals surface area contributed by atoms with E-state index >= 15 is 0 Å². The molecule has 2 rings (SSSR count). The Morgan fingerprint density at radius 2 is 2.12 bits per heavy atom. The number of likely N-dealkylation sites (N-methyl/N-ethyl adjacent to an activating group) is 1. The van der Waals surface area contributed by atoms with Crippen molar-refractivity contribution in [3.05, 3.63) is 39.9 Å². The van der Waals surface area contributed by atoms with Crippen molar-refractivity contribution in [3.63, 3.8) is 0 Å². The third-order valence-electron chi connectivity index (χ3n) is 4.48. The number of nitrogens with one attached hydrogen (secondary N) is 1. The van der Waals surface area contributed by atoms with Crippen LogP contribution in [0.1, 0.15) is 30.1 Å². The van der Waals surface area contributed by atoms with Gasteiger partial charge in [0.1, 0.15) is 6.04 Å². The van der Waals surface area contributed by atoms with Gasteiger partial charge in [0.2, 0.25) is 5.91 Å². The van der Waals surface area contributed by atoms with Gasteiger partial charge in [0, 0.05) is 36.8 Å². The van der Waals surface area contributed by atoms with Crippen LogP contribution in [0.15, 0.2) is 24.3 Å². The summed E-state index contributed by atoms with van der Waals surface area (Å²) in [5.41, 5.74) is 0.00940. The molecule has 1 aliphatic rings. The Morgan fingerprint density at radius 3 is 2.76 bits per heavy atom. The molecule has 136 valence electrons. The van der Waals surface area contributed by atoms with Gasteiger partial charge >= 0.3 is 0 Å². The lowest BCUT2D eigenvalue weighted by Gasteiger charge is -2.37. The number of non-ortho nitro benzene ring substituents is 1. The van der Waals surface area contributed by atoms with E-state index in [0.717, 1.165) is 12.8 Å². The number of nitro groups is 1. The first-order valence-corrected chi connectivity index (χ1v) is 8.30. The van der Waals surface area contributed by atoms with Crippen molar-refractivity contribution in [2.45, 2.75) is 31.8 Å². The molecule has 1 N–H and O–H groups in total. The minimum absolute atomic E-state index is 0.134. The fourth-order valence-electron chi connectivity index (χ4n) is 2.95. The minimum Gasteiger partial charge on any atom is -0.341 e. The molecule has 1 aromatic rings. The molecule has 0 aromatic heterocycles. The Kier molecular flexibility index (Phi) is 6.08. The van der Waals surface area contributed by atoms with Crippen LogP contribution in [-0.2, 0) is 4.79 Å². The summed E-state index contributed by atoms with van der Waals surface area (Å²) in [4.78, 5) is 39.0. The molecule has 2 atom stereocenters. The second-order valence-corrected chi connectivity index (χ2v) is 6.55. The Bertz CT molecular complexity index is 662. The highest BCUT2D eigenvalue weighted by atomic mass is 16.6. The lowest BCUT2D eigenvalue weighted by atomic mass is 10.0. The molecule has 0 unspecified atom stereocenters. The molecule has 0 saturated carbocycles. The molecule has 25 heavy (non-hydrogen) atoms. The molecule has 1 aromatic carbocycles. The zero-order chi connectivity index (χ0) is 18.6. The van der Waals surface area contributed by atoms with Gasteiger partial charge in [-0.1, -0.05) is 6.07 Å². The van der Waals surface area contributed by atoms with Gasteiger partial charge in [0.15, 0.2) is 0 Å². The first-order chi connectivity index (χ1) is 11.8. The van der Waals surface area contributed by atoms with Gasteiger partial charge in [-0.15, -0.1) is 0 Å². The Labute approximate surface area is 146 Å². The van der Waals surface area contributed by atoms with E-state index in [0.29, 0.717) is 19.1 Å². The largest absolute Gasteiger partial charge is 0.341 e. The molecule has 1 fully saturated rings. The van der Waals surface area contributed by atoms with Crippen molar-refractivity contribution in [1.29, 1.82) is 0 Å². The highest BCUT2D eigenvalue weighted by Crippen LogP contribution is 2.16. The Balaban J connectivity index is 1.99. The number of benzene rings is 1. The van der Waals surface area contributed by atoms with E-state index in [9.17, 15) is 19.7 Å². The van der Waals surface area contributed by atoms with Crippen LogP contribution in [0.25, 0.3) is 0 Å². The molecular formula is C17H24N4O4. The molecule has 0 aliphatic carbocycles. The number of hydrogen-bond acceptors (Lipinski definition) is 5. The van der Waals surface area contributed by atoms with Crippen LogP contribution in [0.4, 0.5) is 5.69 Å². The lowest BCUT2D eigenvalue weighted by molar-refractivity contribution is -0.384. The maximum atomic E-state index is 12.6. The minimum atomic E-state index is -0.687. The van der Waals surface area contributed by atoms with Crippen LogP contribution >= 0.6 is 0 Å². The van der Waals surface area contributed by atoms with Crippen molar-refractivity contribution in [1.82, 2.24) is 15.1 Å². The van der Waals surface area contributed by atoms with Crippen LogP contribution in [-0.4, -0.2) is 65.8 Å². The van der Waals surface area contributed by atoms with Crippen molar-refractivity contribution in [2.75, 3.05) is 27.2 Å². The standard InChI is InChI=1S/C17H24N4O4/c1-12(17(23)20-9-5-8-15(11-20)19(2)3)18-16(22)13-6-4-7-14(10-13)21(24)25/h4,6-7,10,12,15H,5,8-9,11H2,1-3H3,(H,18,22)/t12-,15-/m1/s1. The van der Waals surface area contributed by atoms with Gasteiger partial charge in [-0.25, -0.2) is 0 Å². The van der Waals surface area contributed by atoms with E-state index < -0.39 is 16.9 Å². The normalized spacial score (nSPS) is 18.7. The van der Waals surface area contributed by atoms with E-state index in [4.69, 9.17) is 0 Å². The predicted octanol–water partition coefficient (Wildman–Crippen LogP) is 1.27. The number of carbonyl (C=O) groups excluding carboxylic acids is 2. The van der Waals surface area contributed by atoms with E-state index in [-0.39, 0.29) is 17.2 Å². The quantitative estimate of drug-likeness (QED) is 0.638. The average Bonchev–Trinajstić information content (AvgIpc) is 2.61. The van der Waals surface area contributed by atoms with E-state index in [1.165, 1.54) is 24.3 Å². The third kappa shape index (κ3) is 4.76. The second kappa shape index (κ2) is 8.06. The lowest BCUT2D eigenvalue weighted by Crippen LogP contribution is -2.53. The summed E-state index contributed by atoms with van der Waals surface area (Å²) in [5, 5.41) is 13.4. The number of rotatable bonds is 5. The van der Waals surface area contributed by atoms with Crippen molar-refractivity contribution in [2.24, 2.45) is 0 Å². The average molecular weight is 348 g/mol. The van der Waals surface area contributed by atoms with Crippen LogP contribution in [0.5, 0.6) is 0 Å². The smallest absolute Gasteiger partial charge is 0.270 e. The maximum absolute atomic E-state index is 12.6. The first-order valence-electron chi connectivity index (χ1n) is 8.30.